The zero-order chi connectivity index (χ0) is 21.5. The number of amides is 2. The molecule has 7 nitrogen and oxygen atoms in total. The number of aryl methyl sites for hydroxylation is 1. The third kappa shape index (κ3) is 5.35. The number of carbonyl (C=O) groups excluding carboxylic acids is 3. The summed E-state index contributed by atoms with van der Waals surface area (Å²) in [7, 11) is 1.67. The molecular weight excluding hydrogens is 384 g/mol. The molecule has 0 aliphatic carbocycles. The molecule has 30 heavy (non-hydrogen) atoms. The average Bonchev–Trinajstić information content (AvgIpc) is 3.29. The van der Waals surface area contributed by atoms with Crippen molar-refractivity contribution < 1.29 is 23.5 Å². The van der Waals surface area contributed by atoms with Crippen LogP contribution >= 0.6 is 0 Å². The summed E-state index contributed by atoms with van der Waals surface area (Å²) in [4.78, 5) is 37.9. The Morgan fingerprint density at radius 2 is 1.73 bits per heavy atom. The lowest BCUT2D eigenvalue weighted by Crippen LogP contribution is -2.31. The van der Waals surface area contributed by atoms with Gasteiger partial charge < -0.3 is 19.4 Å². The van der Waals surface area contributed by atoms with Crippen molar-refractivity contribution in [1.29, 1.82) is 0 Å². The molecule has 0 fully saturated rings. The molecule has 0 aliphatic rings. The van der Waals surface area contributed by atoms with Gasteiger partial charge in [0.15, 0.2) is 12.4 Å². The van der Waals surface area contributed by atoms with Crippen LogP contribution in [0.2, 0.25) is 0 Å². The predicted molar refractivity (Wildman–Crippen MR) is 111 cm³/mol. The highest BCUT2D eigenvalue weighted by Gasteiger charge is 2.15. The lowest BCUT2D eigenvalue weighted by molar-refractivity contribution is -0.133. The molecule has 2 amide bonds. The standard InChI is InChI=1S/C23H22N2O5/c1-16-6-3-4-7-18(16)14-25(2)21(26)15-30-23(28)17-9-11-19(12-10-17)24-22(27)20-8-5-13-29-20/h3-13H,14-15H2,1-2H3,(H,24,27). The summed E-state index contributed by atoms with van der Waals surface area (Å²) in [5.74, 6) is -1.12. The zero-order valence-corrected chi connectivity index (χ0v) is 16.8. The zero-order valence-electron chi connectivity index (χ0n) is 16.8. The van der Waals surface area contributed by atoms with Gasteiger partial charge >= 0.3 is 5.97 Å². The number of nitrogens with zero attached hydrogens (tertiary/aromatic N) is 1. The summed E-state index contributed by atoms with van der Waals surface area (Å²) in [5, 5.41) is 2.66. The molecule has 3 aromatic rings. The van der Waals surface area contributed by atoms with Crippen LogP contribution in [-0.2, 0) is 16.1 Å². The number of nitrogens with one attached hydrogen (secondary N) is 1. The molecule has 0 saturated heterocycles. The Balaban J connectivity index is 1.50. The minimum absolute atomic E-state index is 0.187. The summed E-state index contributed by atoms with van der Waals surface area (Å²) in [5.41, 5.74) is 2.91. The molecular formula is C23H22N2O5. The Morgan fingerprint density at radius 3 is 2.40 bits per heavy atom. The van der Waals surface area contributed by atoms with Gasteiger partial charge in [0.05, 0.1) is 11.8 Å². The summed E-state index contributed by atoms with van der Waals surface area (Å²) in [6, 6.07) is 17.1. The molecule has 1 aromatic heterocycles. The highest BCUT2D eigenvalue weighted by molar-refractivity contribution is 6.02. The van der Waals surface area contributed by atoms with Gasteiger partial charge in [-0.2, -0.15) is 0 Å². The van der Waals surface area contributed by atoms with Crippen molar-refractivity contribution >= 4 is 23.5 Å². The number of likely N-dealkylation sites (N-methyl/N-ethyl adjacent to an activating group) is 1. The van der Waals surface area contributed by atoms with Gasteiger partial charge in [0, 0.05) is 19.3 Å². The van der Waals surface area contributed by atoms with Gasteiger partial charge in [0.25, 0.3) is 11.8 Å². The molecule has 0 aliphatic heterocycles. The first-order valence-electron chi connectivity index (χ1n) is 9.34. The molecule has 0 radical (unpaired) electrons. The summed E-state index contributed by atoms with van der Waals surface area (Å²) in [6.45, 7) is 2.07. The van der Waals surface area contributed by atoms with Gasteiger partial charge in [-0.25, -0.2) is 4.79 Å². The van der Waals surface area contributed by atoms with Crippen molar-refractivity contribution in [3.05, 3.63) is 89.4 Å². The molecule has 1 heterocycles. The number of esters is 1. The van der Waals surface area contributed by atoms with Crippen LogP contribution in [0, 0.1) is 6.92 Å². The molecule has 1 N–H and O–H groups in total. The molecule has 0 atom stereocenters. The Hall–Kier alpha value is -3.87. The van der Waals surface area contributed by atoms with Crippen LogP contribution in [0.5, 0.6) is 0 Å². The molecule has 0 bridgehead atoms. The maximum absolute atomic E-state index is 12.3. The molecule has 7 heteroatoms. The molecule has 0 spiro atoms. The predicted octanol–water partition coefficient (Wildman–Crippen LogP) is 3.66. The van der Waals surface area contributed by atoms with Crippen LogP contribution in [0.4, 0.5) is 5.69 Å². The van der Waals surface area contributed by atoms with E-state index in [9.17, 15) is 14.4 Å². The molecule has 0 unspecified atom stereocenters. The van der Waals surface area contributed by atoms with E-state index < -0.39 is 11.9 Å². The minimum Gasteiger partial charge on any atom is -0.459 e. The maximum Gasteiger partial charge on any atom is 0.338 e. The first kappa shape index (κ1) is 20.9. The normalized spacial score (nSPS) is 10.3. The van der Waals surface area contributed by atoms with Crippen molar-refractivity contribution in [3.63, 3.8) is 0 Å². The van der Waals surface area contributed by atoms with Gasteiger partial charge in [-0.1, -0.05) is 24.3 Å². The van der Waals surface area contributed by atoms with Crippen molar-refractivity contribution in [2.24, 2.45) is 0 Å². The summed E-state index contributed by atoms with van der Waals surface area (Å²) in [6.07, 6.45) is 1.41. The third-order valence-electron chi connectivity index (χ3n) is 4.54. The van der Waals surface area contributed by atoms with E-state index in [1.54, 1.807) is 31.3 Å². The van der Waals surface area contributed by atoms with E-state index in [2.05, 4.69) is 5.32 Å². The van der Waals surface area contributed by atoms with Gasteiger partial charge in [-0.05, 0) is 54.4 Å². The lowest BCUT2D eigenvalue weighted by Gasteiger charge is -2.18. The van der Waals surface area contributed by atoms with Crippen molar-refractivity contribution in [1.82, 2.24) is 4.90 Å². The largest absolute Gasteiger partial charge is 0.459 e. The number of anilines is 1. The topological polar surface area (TPSA) is 88.9 Å². The second-order valence-corrected chi connectivity index (χ2v) is 6.76. The second kappa shape index (κ2) is 9.56. The summed E-state index contributed by atoms with van der Waals surface area (Å²) < 4.78 is 10.2. The van der Waals surface area contributed by atoms with E-state index in [1.807, 2.05) is 31.2 Å². The van der Waals surface area contributed by atoms with Crippen LogP contribution in [-0.4, -0.2) is 36.3 Å². The number of hydrogen-bond acceptors (Lipinski definition) is 5. The molecule has 0 saturated carbocycles. The van der Waals surface area contributed by atoms with Crippen LogP contribution in [0.25, 0.3) is 0 Å². The molecule has 2 aromatic carbocycles. The lowest BCUT2D eigenvalue weighted by atomic mass is 10.1. The maximum atomic E-state index is 12.3. The highest BCUT2D eigenvalue weighted by atomic mass is 16.5. The molecule has 154 valence electrons. The van der Waals surface area contributed by atoms with E-state index in [0.717, 1.165) is 11.1 Å². The van der Waals surface area contributed by atoms with E-state index in [0.29, 0.717) is 12.2 Å². The second-order valence-electron chi connectivity index (χ2n) is 6.76. The van der Waals surface area contributed by atoms with Crippen molar-refractivity contribution in [2.75, 3.05) is 19.0 Å². The first-order chi connectivity index (χ1) is 14.4. The minimum atomic E-state index is -0.614. The fraction of sp³-hybridized carbons (Fsp3) is 0.174. The Kier molecular flexibility index (Phi) is 6.64. The van der Waals surface area contributed by atoms with Crippen molar-refractivity contribution in [3.8, 4) is 0 Å². The smallest absolute Gasteiger partial charge is 0.338 e. The van der Waals surface area contributed by atoms with Gasteiger partial charge in [0.2, 0.25) is 0 Å². The summed E-state index contributed by atoms with van der Waals surface area (Å²) >= 11 is 0. The number of rotatable bonds is 7. The number of furan rings is 1. The van der Waals surface area contributed by atoms with Crippen LogP contribution in [0.1, 0.15) is 32.0 Å². The van der Waals surface area contributed by atoms with E-state index in [1.165, 1.54) is 23.3 Å². The monoisotopic (exact) mass is 406 g/mol. The van der Waals surface area contributed by atoms with Crippen molar-refractivity contribution in [2.45, 2.75) is 13.5 Å². The number of hydrogen-bond donors (Lipinski definition) is 1. The van der Waals surface area contributed by atoms with Gasteiger partial charge in [-0.15, -0.1) is 0 Å². The number of benzene rings is 2. The fourth-order valence-electron chi connectivity index (χ4n) is 2.74. The first-order valence-corrected chi connectivity index (χ1v) is 9.34. The van der Waals surface area contributed by atoms with E-state index in [4.69, 9.17) is 9.15 Å². The average molecular weight is 406 g/mol. The van der Waals surface area contributed by atoms with E-state index >= 15 is 0 Å². The Bertz CT molecular complexity index is 1030. The molecule has 3 rings (SSSR count). The SMILES string of the molecule is Cc1ccccc1CN(C)C(=O)COC(=O)c1ccc(NC(=O)c2ccco2)cc1. The highest BCUT2D eigenvalue weighted by Crippen LogP contribution is 2.13. The number of carbonyl (C=O) groups is 3. The third-order valence-corrected chi connectivity index (χ3v) is 4.54. The Labute approximate surface area is 174 Å². The van der Waals surface area contributed by atoms with Gasteiger partial charge in [0.1, 0.15) is 0 Å². The Morgan fingerprint density at radius 1 is 1.00 bits per heavy atom. The van der Waals surface area contributed by atoms with Crippen LogP contribution < -0.4 is 5.32 Å². The van der Waals surface area contributed by atoms with E-state index in [-0.39, 0.29) is 23.8 Å². The quantitative estimate of drug-likeness (QED) is 0.605. The number of ether oxygens (including phenoxy) is 1. The van der Waals surface area contributed by atoms with Crippen LogP contribution in [0.3, 0.4) is 0 Å². The fourth-order valence-corrected chi connectivity index (χ4v) is 2.74. The van der Waals surface area contributed by atoms with Gasteiger partial charge in [-0.3, -0.25) is 9.59 Å². The van der Waals surface area contributed by atoms with Crippen LogP contribution in [0.15, 0.2) is 71.3 Å².